The van der Waals surface area contributed by atoms with Gasteiger partial charge < -0.3 is 9.79 Å². The Labute approximate surface area is 108 Å². The molecule has 0 saturated carbocycles. The monoisotopic (exact) mass is 308 g/mol. The van der Waals surface area contributed by atoms with Crippen molar-refractivity contribution in [2.45, 2.75) is 39.5 Å². The summed E-state index contributed by atoms with van der Waals surface area (Å²) in [6.07, 6.45) is 4.77. The van der Waals surface area contributed by atoms with Crippen molar-refractivity contribution in [3.8, 4) is 0 Å². The summed E-state index contributed by atoms with van der Waals surface area (Å²) in [6, 6.07) is 0. The van der Waals surface area contributed by atoms with E-state index in [0.29, 0.717) is 0 Å². The Bertz CT molecular complexity index is 186. The van der Waals surface area contributed by atoms with Gasteiger partial charge in [0.25, 0.3) is 0 Å². The van der Waals surface area contributed by atoms with Crippen LogP contribution < -0.4 is 0 Å². The molecule has 0 saturated heterocycles. The molecule has 0 aromatic heterocycles. The van der Waals surface area contributed by atoms with Crippen LogP contribution in [0.1, 0.15) is 39.5 Å². The number of hydrogen-bond donors (Lipinski definition) is 3. The molecule has 0 spiro atoms. The summed E-state index contributed by atoms with van der Waals surface area (Å²) in [4.78, 5) is 18.8. The Balaban J connectivity index is 0. The Morgan fingerprint density at radius 1 is 1.14 bits per heavy atom. The van der Waals surface area contributed by atoms with Gasteiger partial charge in [0.05, 0.1) is 0 Å². The van der Waals surface area contributed by atoms with E-state index in [-0.39, 0.29) is 29.6 Å². The van der Waals surface area contributed by atoms with E-state index in [2.05, 4.69) is 19.2 Å². The van der Waals surface area contributed by atoms with Crippen molar-refractivity contribution >= 4 is 28.0 Å². The van der Waals surface area contributed by atoms with Gasteiger partial charge in [-0.25, -0.2) is 0 Å². The minimum absolute atomic E-state index is 0. The largest absolute Gasteiger partial charge is 0.341 e. The molecule has 1 unspecified atom stereocenters. The van der Waals surface area contributed by atoms with Crippen LogP contribution in [0.4, 0.5) is 0 Å². The summed E-state index contributed by atoms with van der Waals surface area (Å²) < 4.78 is 0. The normalized spacial score (nSPS) is 13.5. The summed E-state index contributed by atoms with van der Waals surface area (Å²) >= 11 is 3.89. The number of unbranched alkanes of at least 4 members (excludes halogenated alkanes) is 3. The molecule has 0 aliphatic heterocycles. The molecule has 6 heteroatoms. The van der Waals surface area contributed by atoms with Crippen LogP contribution in [0.5, 0.6) is 0 Å². The predicted octanol–water partition coefficient (Wildman–Crippen LogP) is 2.79. The molecule has 2 N–H and O–H groups in total. The fourth-order valence-electron chi connectivity index (χ4n) is 1.14. The summed E-state index contributed by atoms with van der Waals surface area (Å²) in [5.74, 6) is 1.77. The van der Waals surface area contributed by atoms with E-state index >= 15 is 0 Å². The third-order valence-electron chi connectivity index (χ3n) is 1.91. The molecule has 0 aromatic rings. The average Bonchev–Trinajstić information content (AvgIpc) is 2.02. The van der Waals surface area contributed by atoms with Crippen LogP contribution in [-0.2, 0) is 29.6 Å². The van der Waals surface area contributed by atoms with Crippen LogP contribution in [-0.4, -0.2) is 21.3 Å². The van der Waals surface area contributed by atoms with Crippen molar-refractivity contribution in [2.24, 2.45) is 0 Å². The molecule has 0 fully saturated rings. The Morgan fingerprint density at radius 3 is 2.07 bits per heavy atom. The summed E-state index contributed by atoms with van der Waals surface area (Å²) in [7, 11) is -0.266. The van der Waals surface area contributed by atoms with Gasteiger partial charge in [-0.15, -0.1) is 10.1 Å². The Hall–Kier alpha value is 1.67. The fourth-order valence-corrected chi connectivity index (χ4v) is 6.49. The first-order valence-electron chi connectivity index (χ1n) is 4.77. The fraction of sp³-hybridized carbons (Fsp3) is 1.00. The summed E-state index contributed by atoms with van der Waals surface area (Å²) in [6.45, 7) is 4.17. The molecule has 0 aromatic carbocycles. The maximum Gasteiger partial charge on any atom is 0.198 e. The number of thiol groups is 1. The van der Waals surface area contributed by atoms with Crippen LogP contribution in [0.15, 0.2) is 0 Å². The number of hydrogen-bond acceptors (Lipinski definition) is 0. The van der Waals surface area contributed by atoms with Crippen LogP contribution in [0, 0.1) is 0 Å². The second-order valence-corrected chi connectivity index (χ2v) is 11.5. The maximum atomic E-state index is 9.38. The van der Waals surface area contributed by atoms with Gasteiger partial charge in [-0.2, -0.15) is 0 Å². The van der Waals surface area contributed by atoms with E-state index in [1.807, 2.05) is 6.92 Å². The molecular weight excluding hydrogens is 289 g/mol. The Morgan fingerprint density at radius 2 is 1.71 bits per heavy atom. The SMILES string of the molecule is CCCCCCS(CC)=P(O)(O)S.[Zn]. The zero-order valence-corrected chi connectivity index (χ0v) is 14.7. The molecule has 0 heterocycles. The minimum atomic E-state index is -2.85. The summed E-state index contributed by atoms with van der Waals surface area (Å²) in [5, 5.41) is 0. The molecule has 0 rings (SSSR count). The minimum Gasteiger partial charge on any atom is -0.341 e. The molecule has 2 nitrogen and oxygen atoms in total. The van der Waals surface area contributed by atoms with Gasteiger partial charge in [-0.05, 0) is 17.9 Å². The molecule has 1 atom stereocenters. The standard InChI is InChI=1S/C8H21O2PS2.Zn/c1-3-5-6-7-8-13(4-2)11(9,10)12;/h9-10,12H,3-8H2,1-2H3;. The Kier molecular flexibility index (Phi) is 12.7. The predicted molar refractivity (Wildman–Crippen MR) is 67.3 cm³/mol. The van der Waals surface area contributed by atoms with Gasteiger partial charge in [0, 0.05) is 19.5 Å². The third-order valence-corrected chi connectivity index (χ3v) is 9.51. The van der Waals surface area contributed by atoms with Gasteiger partial charge in [0.2, 0.25) is 0 Å². The average molecular weight is 310 g/mol. The second-order valence-electron chi connectivity index (χ2n) is 3.03. The van der Waals surface area contributed by atoms with Crippen molar-refractivity contribution in [2.75, 3.05) is 11.5 Å². The van der Waals surface area contributed by atoms with Crippen LogP contribution in [0.3, 0.4) is 0 Å². The molecular formula is C8H21O2PS2Zn. The van der Waals surface area contributed by atoms with E-state index in [1.165, 1.54) is 19.3 Å². The third kappa shape index (κ3) is 8.94. The summed E-state index contributed by atoms with van der Waals surface area (Å²) in [5.41, 5.74) is -2.85. The van der Waals surface area contributed by atoms with E-state index < -0.39 is 5.69 Å². The quantitative estimate of drug-likeness (QED) is 0.306. The van der Waals surface area contributed by atoms with Crippen molar-refractivity contribution in [1.82, 2.24) is 0 Å². The zero-order valence-electron chi connectivity index (χ0n) is 9.15. The van der Waals surface area contributed by atoms with E-state index in [4.69, 9.17) is 0 Å². The first-order valence-corrected chi connectivity index (χ1v) is 9.79. The van der Waals surface area contributed by atoms with Crippen molar-refractivity contribution in [3.05, 3.63) is 0 Å². The van der Waals surface area contributed by atoms with Gasteiger partial charge >= 0.3 is 0 Å². The topological polar surface area (TPSA) is 40.5 Å². The van der Waals surface area contributed by atoms with E-state index in [1.54, 1.807) is 0 Å². The first kappa shape index (κ1) is 18.0. The van der Waals surface area contributed by atoms with Gasteiger partial charge in [0.15, 0.2) is 5.69 Å². The van der Waals surface area contributed by atoms with Crippen LogP contribution in [0.2, 0.25) is 0 Å². The van der Waals surface area contributed by atoms with Crippen molar-refractivity contribution in [1.29, 1.82) is 0 Å². The van der Waals surface area contributed by atoms with Crippen LogP contribution in [0.25, 0.3) is 0 Å². The van der Waals surface area contributed by atoms with E-state index in [0.717, 1.165) is 17.9 Å². The van der Waals surface area contributed by atoms with Gasteiger partial charge in [-0.3, -0.25) is 0 Å². The van der Waals surface area contributed by atoms with Crippen molar-refractivity contribution < 1.29 is 29.3 Å². The molecule has 0 bridgehead atoms. The maximum absolute atomic E-state index is 9.38. The molecule has 0 aliphatic carbocycles. The van der Waals surface area contributed by atoms with Crippen molar-refractivity contribution in [3.63, 3.8) is 0 Å². The molecule has 0 amide bonds. The zero-order chi connectivity index (χ0) is 10.3. The number of rotatable bonds is 6. The van der Waals surface area contributed by atoms with Gasteiger partial charge in [0.1, 0.15) is 0 Å². The van der Waals surface area contributed by atoms with Crippen LogP contribution >= 0.6 is 17.9 Å². The smallest absolute Gasteiger partial charge is 0.198 e. The molecule has 0 aliphatic rings. The molecule has 14 heavy (non-hydrogen) atoms. The molecule has 0 radical (unpaired) electrons. The first-order chi connectivity index (χ1) is 6.02. The second kappa shape index (κ2) is 9.87. The molecule has 84 valence electrons. The van der Waals surface area contributed by atoms with E-state index in [9.17, 15) is 9.79 Å². The van der Waals surface area contributed by atoms with Gasteiger partial charge in [-0.1, -0.05) is 45.4 Å².